The number of carbonyl (C=O) groups excluding carboxylic acids is 1. The number of methoxy groups -OCH3 is 1. The first-order chi connectivity index (χ1) is 6.74. The van der Waals surface area contributed by atoms with Gasteiger partial charge in [-0.05, 0) is 18.6 Å². The summed E-state index contributed by atoms with van der Waals surface area (Å²) in [6, 6.07) is 3.82. The Morgan fingerprint density at radius 3 is 3.07 bits per heavy atom. The first-order valence-electron chi connectivity index (χ1n) is 4.25. The molecule has 0 saturated carbocycles. The highest BCUT2D eigenvalue weighted by Crippen LogP contribution is 2.11. The molecule has 2 aromatic heterocycles. The van der Waals surface area contributed by atoms with E-state index in [9.17, 15) is 4.79 Å². The van der Waals surface area contributed by atoms with E-state index in [2.05, 4.69) is 9.72 Å². The zero-order valence-corrected chi connectivity index (χ0v) is 8.02. The summed E-state index contributed by atoms with van der Waals surface area (Å²) in [5, 5.41) is 0. The van der Waals surface area contributed by atoms with Crippen LogP contribution in [0.4, 0.5) is 0 Å². The predicted octanol–water partition coefficient (Wildman–Crippen LogP) is 1.43. The number of esters is 1. The number of aryl methyl sites for hydroxylation is 1. The first-order valence-corrected chi connectivity index (χ1v) is 4.25. The molecule has 2 aromatic rings. The van der Waals surface area contributed by atoms with Crippen molar-refractivity contribution in [2.75, 3.05) is 7.11 Å². The molecule has 0 aliphatic carbocycles. The van der Waals surface area contributed by atoms with Gasteiger partial charge in [0.1, 0.15) is 5.65 Å². The SMILES string of the molecule is COC(=O)c1cnc2c(C)cccn12. The number of fused-ring (bicyclic) bond motifs is 1. The highest BCUT2D eigenvalue weighted by molar-refractivity contribution is 5.88. The van der Waals surface area contributed by atoms with Crippen LogP contribution >= 0.6 is 0 Å². The smallest absolute Gasteiger partial charge is 0.356 e. The molecule has 0 N–H and O–H groups in total. The largest absolute Gasteiger partial charge is 0.464 e. The van der Waals surface area contributed by atoms with Gasteiger partial charge in [-0.3, -0.25) is 4.40 Å². The Balaban J connectivity index is 2.70. The minimum absolute atomic E-state index is 0.372. The van der Waals surface area contributed by atoms with Crippen molar-refractivity contribution in [3.63, 3.8) is 0 Å². The fourth-order valence-corrected chi connectivity index (χ4v) is 1.41. The van der Waals surface area contributed by atoms with E-state index >= 15 is 0 Å². The summed E-state index contributed by atoms with van der Waals surface area (Å²) in [6.45, 7) is 1.95. The molecule has 0 saturated heterocycles. The van der Waals surface area contributed by atoms with Crippen molar-refractivity contribution in [3.8, 4) is 0 Å². The number of hydrogen-bond acceptors (Lipinski definition) is 3. The molecule has 0 radical (unpaired) electrons. The van der Waals surface area contributed by atoms with Crippen LogP contribution in [0.25, 0.3) is 5.65 Å². The molecule has 0 unspecified atom stereocenters. The average molecular weight is 190 g/mol. The van der Waals surface area contributed by atoms with Crippen LogP contribution in [0, 0.1) is 6.92 Å². The van der Waals surface area contributed by atoms with Crippen molar-refractivity contribution >= 4 is 11.6 Å². The summed E-state index contributed by atoms with van der Waals surface area (Å²) in [7, 11) is 1.36. The molecule has 0 aliphatic rings. The zero-order valence-electron chi connectivity index (χ0n) is 8.02. The monoisotopic (exact) mass is 190 g/mol. The summed E-state index contributed by atoms with van der Waals surface area (Å²) >= 11 is 0. The van der Waals surface area contributed by atoms with E-state index in [1.165, 1.54) is 13.3 Å². The molecule has 0 bridgehead atoms. The van der Waals surface area contributed by atoms with Crippen molar-refractivity contribution in [1.82, 2.24) is 9.38 Å². The number of pyridine rings is 1. The molecule has 0 fully saturated rings. The minimum Gasteiger partial charge on any atom is -0.464 e. The van der Waals surface area contributed by atoms with E-state index in [1.54, 1.807) is 10.6 Å². The molecular formula is C10H10N2O2. The maximum absolute atomic E-state index is 11.3. The highest BCUT2D eigenvalue weighted by Gasteiger charge is 2.12. The molecule has 2 heterocycles. The van der Waals surface area contributed by atoms with Crippen LogP contribution in [-0.4, -0.2) is 22.5 Å². The summed E-state index contributed by atoms with van der Waals surface area (Å²) in [5.41, 5.74) is 2.27. The molecule has 4 heteroatoms. The van der Waals surface area contributed by atoms with E-state index < -0.39 is 0 Å². The lowest BCUT2D eigenvalue weighted by atomic mass is 10.3. The minimum atomic E-state index is -0.372. The van der Waals surface area contributed by atoms with Gasteiger partial charge >= 0.3 is 5.97 Å². The van der Waals surface area contributed by atoms with Gasteiger partial charge in [0.25, 0.3) is 0 Å². The third kappa shape index (κ3) is 1.16. The van der Waals surface area contributed by atoms with Gasteiger partial charge in [-0.1, -0.05) is 6.07 Å². The third-order valence-electron chi connectivity index (χ3n) is 2.13. The van der Waals surface area contributed by atoms with Crippen molar-refractivity contribution in [3.05, 3.63) is 35.8 Å². The second-order valence-electron chi connectivity index (χ2n) is 3.02. The van der Waals surface area contributed by atoms with Gasteiger partial charge in [0.2, 0.25) is 0 Å². The number of imidazole rings is 1. The van der Waals surface area contributed by atoms with E-state index in [0.717, 1.165) is 11.2 Å². The number of hydrogen-bond donors (Lipinski definition) is 0. The maximum Gasteiger partial charge on any atom is 0.356 e. The van der Waals surface area contributed by atoms with Gasteiger partial charge in [-0.25, -0.2) is 9.78 Å². The van der Waals surface area contributed by atoms with Crippen LogP contribution < -0.4 is 0 Å². The van der Waals surface area contributed by atoms with Crippen LogP contribution in [0.3, 0.4) is 0 Å². The Labute approximate surface area is 81.1 Å². The Morgan fingerprint density at radius 1 is 1.57 bits per heavy atom. The lowest BCUT2D eigenvalue weighted by molar-refractivity contribution is 0.0593. The number of nitrogens with zero attached hydrogens (tertiary/aromatic N) is 2. The zero-order chi connectivity index (χ0) is 10.1. The van der Waals surface area contributed by atoms with Crippen LogP contribution in [0.1, 0.15) is 16.1 Å². The van der Waals surface area contributed by atoms with Gasteiger partial charge in [-0.2, -0.15) is 0 Å². The number of carbonyl (C=O) groups is 1. The second kappa shape index (κ2) is 3.14. The summed E-state index contributed by atoms with van der Waals surface area (Å²) in [6.07, 6.45) is 3.32. The molecule has 0 aliphatic heterocycles. The van der Waals surface area contributed by atoms with Crippen molar-refractivity contribution < 1.29 is 9.53 Å². The summed E-state index contributed by atoms with van der Waals surface area (Å²) in [4.78, 5) is 15.5. The Hall–Kier alpha value is -1.84. The predicted molar refractivity (Wildman–Crippen MR) is 51.3 cm³/mol. The first kappa shape index (κ1) is 8.74. The van der Waals surface area contributed by atoms with Crippen molar-refractivity contribution in [1.29, 1.82) is 0 Å². The summed E-state index contributed by atoms with van der Waals surface area (Å²) in [5.74, 6) is -0.372. The van der Waals surface area contributed by atoms with E-state index in [-0.39, 0.29) is 5.97 Å². The van der Waals surface area contributed by atoms with Gasteiger partial charge in [0.15, 0.2) is 5.69 Å². The van der Waals surface area contributed by atoms with E-state index in [1.807, 2.05) is 19.1 Å². The van der Waals surface area contributed by atoms with Crippen LogP contribution in [0.15, 0.2) is 24.5 Å². The molecule has 0 aromatic carbocycles. The Morgan fingerprint density at radius 2 is 2.36 bits per heavy atom. The molecule has 72 valence electrons. The molecule has 0 amide bonds. The van der Waals surface area contributed by atoms with E-state index in [0.29, 0.717) is 5.69 Å². The van der Waals surface area contributed by atoms with Crippen LogP contribution in [0.2, 0.25) is 0 Å². The molecule has 4 nitrogen and oxygen atoms in total. The van der Waals surface area contributed by atoms with Gasteiger partial charge in [0.05, 0.1) is 13.3 Å². The molecule has 0 atom stereocenters. The number of aromatic nitrogens is 2. The normalized spacial score (nSPS) is 10.4. The molecular weight excluding hydrogens is 180 g/mol. The highest BCUT2D eigenvalue weighted by atomic mass is 16.5. The number of rotatable bonds is 1. The fourth-order valence-electron chi connectivity index (χ4n) is 1.41. The Kier molecular flexibility index (Phi) is 1.96. The number of ether oxygens (including phenoxy) is 1. The lowest BCUT2D eigenvalue weighted by Gasteiger charge is -2.00. The Bertz CT molecular complexity index is 488. The average Bonchev–Trinajstić information content (AvgIpc) is 2.62. The van der Waals surface area contributed by atoms with Gasteiger partial charge in [0, 0.05) is 6.20 Å². The lowest BCUT2D eigenvalue weighted by Crippen LogP contribution is -2.05. The van der Waals surface area contributed by atoms with Crippen molar-refractivity contribution in [2.45, 2.75) is 6.92 Å². The van der Waals surface area contributed by atoms with E-state index in [4.69, 9.17) is 0 Å². The fraction of sp³-hybridized carbons (Fsp3) is 0.200. The van der Waals surface area contributed by atoms with Crippen LogP contribution in [-0.2, 0) is 4.74 Å². The molecule has 2 rings (SSSR count). The quantitative estimate of drug-likeness (QED) is 0.639. The second-order valence-corrected chi connectivity index (χ2v) is 3.02. The molecule has 0 spiro atoms. The topological polar surface area (TPSA) is 43.6 Å². The summed E-state index contributed by atoms with van der Waals surface area (Å²) < 4.78 is 6.37. The third-order valence-corrected chi connectivity index (χ3v) is 2.13. The van der Waals surface area contributed by atoms with Gasteiger partial charge < -0.3 is 4.74 Å². The van der Waals surface area contributed by atoms with Crippen molar-refractivity contribution in [2.24, 2.45) is 0 Å². The molecule has 14 heavy (non-hydrogen) atoms. The van der Waals surface area contributed by atoms with Crippen LogP contribution in [0.5, 0.6) is 0 Å². The standard InChI is InChI=1S/C10H10N2O2/c1-7-4-3-5-12-8(10(13)14-2)6-11-9(7)12/h3-6H,1-2H3. The van der Waals surface area contributed by atoms with Gasteiger partial charge in [-0.15, -0.1) is 0 Å². The maximum atomic E-state index is 11.3.